The van der Waals surface area contributed by atoms with Gasteiger partial charge in [0.2, 0.25) is 5.56 Å². The molecule has 2 aromatic rings. The third-order valence-electron chi connectivity index (χ3n) is 6.19. The van der Waals surface area contributed by atoms with E-state index in [1.807, 2.05) is 36.4 Å². The maximum absolute atomic E-state index is 12.2. The first kappa shape index (κ1) is 24.2. The van der Waals surface area contributed by atoms with E-state index in [1.165, 1.54) is 11.1 Å². The minimum atomic E-state index is -0.527. The van der Waals surface area contributed by atoms with Crippen molar-refractivity contribution < 1.29 is 9.53 Å². The van der Waals surface area contributed by atoms with Gasteiger partial charge in [-0.1, -0.05) is 49.4 Å². The third-order valence-corrected chi connectivity index (χ3v) is 6.19. The summed E-state index contributed by atoms with van der Waals surface area (Å²) in [5, 5.41) is 0. The van der Waals surface area contributed by atoms with Crippen LogP contribution in [0.2, 0.25) is 0 Å². The van der Waals surface area contributed by atoms with Gasteiger partial charge in [-0.3, -0.25) is 9.79 Å². The highest BCUT2D eigenvalue weighted by molar-refractivity contribution is 5.94. The van der Waals surface area contributed by atoms with Crippen LogP contribution in [0, 0.1) is 5.92 Å². The molecule has 1 N–H and O–H groups in total. The number of hydrogen-bond acceptors (Lipinski definition) is 4. The van der Waals surface area contributed by atoms with Gasteiger partial charge in [0.05, 0.1) is 12.2 Å². The number of esters is 1. The summed E-state index contributed by atoms with van der Waals surface area (Å²) in [6.45, 7) is 6.34. The lowest BCUT2D eigenvalue weighted by molar-refractivity contribution is 0.0526. The predicted octanol–water partition coefficient (Wildman–Crippen LogP) is 5.64. The van der Waals surface area contributed by atoms with Gasteiger partial charge in [-0.2, -0.15) is 0 Å². The molecule has 0 fully saturated rings. The molecule has 0 radical (unpaired) electrons. The Morgan fingerprint density at radius 2 is 2.06 bits per heavy atom. The predicted molar refractivity (Wildman–Crippen MR) is 135 cm³/mol. The Balaban J connectivity index is 0.00000306. The molecule has 1 heterocycles. The van der Waals surface area contributed by atoms with Gasteiger partial charge in [0.25, 0.3) is 0 Å². The quantitative estimate of drug-likeness (QED) is 0.369. The van der Waals surface area contributed by atoms with Crippen molar-refractivity contribution in [1.29, 1.82) is 0 Å². The SMILES string of the molecule is C.C/C=C1\C2C=C(C)CC1(N=C/C=C/c1ccccc1C(=O)OCC)c1ccc(=O)[nH]c1C2. The number of carbonyl (C=O) groups excluding carboxylic acids is 1. The summed E-state index contributed by atoms with van der Waals surface area (Å²) in [6.07, 6.45) is 11.6. The molecule has 0 aliphatic heterocycles. The van der Waals surface area contributed by atoms with Crippen LogP contribution in [0.5, 0.6) is 0 Å². The fraction of sp³-hybridized carbons (Fsp3) is 0.321. The number of nitrogens with zero attached hydrogens (tertiary/aromatic N) is 1. The molecular weight excluding hydrogens is 412 g/mol. The van der Waals surface area contributed by atoms with Gasteiger partial charge >= 0.3 is 5.97 Å². The Morgan fingerprint density at radius 1 is 1.27 bits per heavy atom. The number of allylic oxidation sites excluding steroid dienone is 3. The van der Waals surface area contributed by atoms with E-state index in [1.54, 1.807) is 25.3 Å². The van der Waals surface area contributed by atoms with Crippen molar-refractivity contribution in [3.05, 3.63) is 98.5 Å². The van der Waals surface area contributed by atoms with Crippen LogP contribution in [-0.4, -0.2) is 23.8 Å². The molecule has 0 saturated heterocycles. The van der Waals surface area contributed by atoms with E-state index < -0.39 is 5.54 Å². The molecule has 5 heteroatoms. The number of aromatic amines is 1. The zero-order valence-electron chi connectivity index (χ0n) is 18.7. The third kappa shape index (κ3) is 4.54. The van der Waals surface area contributed by atoms with Crippen molar-refractivity contribution in [2.45, 2.75) is 46.6 Å². The highest BCUT2D eigenvalue weighted by atomic mass is 16.5. The molecule has 2 aliphatic carbocycles. The van der Waals surface area contributed by atoms with Gasteiger partial charge in [-0.15, -0.1) is 0 Å². The van der Waals surface area contributed by atoms with E-state index in [-0.39, 0.29) is 24.9 Å². The Morgan fingerprint density at radius 3 is 2.82 bits per heavy atom. The Bertz CT molecular complexity index is 1220. The van der Waals surface area contributed by atoms with Crippen LogP contribution >= 0.6 is 0 Å². The molecule has 2 aliphatic rings. The van der Waals surface area contributed by atoms with Crippen molar-refractivity contribution in [2.24, 2.45) is 10.9 Å². The largest absolute Gasteiger partial charge is 0.462 e. The number of aromatic nitrogens is 1. The zero-order chi connectivity index (χ0) is 22.7. The molecule has 0 amide bonds. The topological polar surface area (TPSA) is 71.5 Å². The van der Waals surface area contributed by atoms with Crippen LogP contribution in [0.25, 0.3) is 6.08 Å². The normalized spacial score (nSPS) is 22.7. The smallest absolute Gasteiger partial charge is 0.338 e. The van der Waals surface area contributed by atoms with Gasteiger partial charge in [-0.25, -0.2) is 4.79 Å². The first-order valence-electron chi connectivity index (χ1n) is 11.0. The lowest BCUT2D eigenvalue weighted by Crippen LogP contribution is -2.40. The highest BCUT2D eigenvalue weighted by Crippen LogP contribution is 2.51. The lowest BCUT2D eigenvalue weighted by atomic mass is 9.63. The van der Waals surface area contributed by atoms with Gasteiger partial charge in [0, 0.05) is 35.9 Å². The molecule has 0 saturated carbocycles. The molecule has 172 valence electrons. The monoisotopic (exact) mass is 444 g/mol. The number of ether oxygens (including phenoxy) is 1. The molecule has 33 heavy (non-hydrogen) atoms. The number of nitrogens with one attached hydrogen (secondary N) is 1. The Labute approximate surface area is 195 Å². The molecule has 1 aromatic carbocycles. The number of carbonyl (C=O) groups is 1. The standard InChI is InChI=1S/C27H28N2O3.CH4/c1-4-22-20-15-18(3)17-27(22,23-12-13-25(30)29-24(23)16-20)28-14-8-10-19-9-6-7-11-21(19)26(31)32-5-2;/h4,6-15,20H,5,16-17H2,1-3H3,(H,29,30);1H4/b10-8+,22-4+,28-14?;. The molecule has 5 nitrogen and oxygen atoms in total. The second-order valence-electron chi connectivity index (χ2n) is 8.26. The summed E-state index contributed by atoms with van der Waals surface area (Å²) in [7, 11) is 0. The van der Waals surface area contributed by atoms with E-state index >= 15 is 0 Å². The number of fused-ring (bicyclic) bond motifs is 4. The number of aliphatic imine (C=N–C) groups is 1. The van der Waals surface area contributed by atoms with Crippen molar-refractivity contribution >= 4 is 18.3 Å². The zero-order valence-corrected chi connectivity index (χ0v) is 18.7. The van der Waals surface area contributed by atoms with E-state index in [9.17, 15) is 9.59 Å². The minimum Gasteiger partial charge on any atom is -0.462 e. The molecule has 4 rings (SSSR count). The van der Waals surface area contributed by atoms with Crippen LogP contribution in [0.4, 0.5) is 0 Å². The number of hydrogen-bond donors (Lipinski definition) is 1. The highest BCUT2D eigenvalue weighted by Gasteiger charge is 2.46. The first-order chi connectivity index (χ1) is 15.5. The van der Waals surface area contributed by atoms with Crippen LogP contribution in [0.3, 0.4) is 0 Å². The molecular formula is C28H32N2O3. The second-order valence-corrected chi connectivity index (χ2v) is 8.26. The molecule has 2 atom stereocenters. The fourth-order valence-corrected chi connectivity index (χ4v) is 5.01. The van der Waals surface area contributed by atoms with Crippen molar-refractivity contribution in [1.82, 2.24) is 4.98 Å². The van der Waals surface area contributed by atoms with Crippen molar-refractivity contribution in [3.8, 4) is 0 Å². The lowest BCUT2D eigenvalue weighted by Gasteiger charge is -2.45. The second kappa shape index (κ2) is 9.99. The first-order valence-corrected chi connectivity index (χ1v) is 11.0. The molecule has 0 spiro atoms. The number of benzene rings is 1. The van der Waals surface area contributed by atoms with Crippen LogP contribution in [-0.2, 0) is 16.7 Å². The van der Waals surface area contributed by atoms with Gasteiger partial charge < -0.3 is 9.72 Å². The molecule has 2 bridgehead atoms. The number of rotatable bonds is 5. The molecule has 1 aromatic heterocycles. The van der Waals surface area contributed by atoms with Gasteiger partial charge in [0.1, 0.15) is 5.54 Å². The minimum absolute atomic E-state index is 0. The van der Waals surface area contributed by atoms with Gasteiger partial charge in [-0.05, 0) is 56.5 Å². The number of H-pyrrole nitrogens is 1. The number of pyridine rings is 1. The van der Waals surface area contributed by atoms with Crippen LogP contribution < -0.4 is 5.56 Å². The van der Waals surface area contributed by atoms with Crippen LogP contribution in [0.15, 0.2) is 75.6 Å². The summed E-state index contributed by atoms with van der Waals surface area (Å²) in [5.41, 5.74) is 5.29. The average molecular weight is 445 g/mol. The summed E-state index contributed by atoms with van der Waals surface area (Å²) in [5.74, 6) is -0.106. The Kier molecular flexibility index (Phi) is 7.32. The van der Waals surface area contributed by atoms with Crippen LogP contribution in [0.1, 0.15) is 61.8 Å². The Hall–Kier alpha value is -3.47. The average Bonchev–Trinajstić information content (AvgIpc) is 2.76. The maximum Gasteiger partial charge on any atom is 0.338 e. The van der Waals surface area contributed by atoms with E-state index in [2.05, 4.69) is 31.0 Å². The fourth-order valence-electron chi connectivity index (χ4n) is 5.01. The maximum atomic E-state index is 12.2. The summed E-state index contributed by atoms with van der Waals surface area (Å²) in [4.78, 5) is 32.3. The van der Waals surface area contributed by atoms with E-state index in [4.69, 9.17) is 9.73 Å². The van der Waals surface area contributed by atoms with Crippen molar-refractivity contribution in [2.75, 3.05) is 6.61 Å². The molecule has 2 unspecified atom stereocenters. The summed E-state index contributed by atoms with van der Waals surface area (Å²) < 4.78 is 5.16. The van der Waals surface area contributed by atoms with E-state index in [0.29, 0.717) is 12.2 Å². The van der Waals surface area contributed by atoms with E-state index in [0.717, 1.165) is 29.7 Å². The van der Waals surface area contributed by atoms with Gasteiger partial charge in [0.15, 0.2) is 0 Å². The van der Waals surface area contributed by atoms with Crippen molar-refractivity contribution in [3.63, 3.8) is 0 Å². The summed E-state index contributed by atoms with van der Waals surface area (Å²) in [6, 6.07) is 10.9. The summed E-state index contributed by atoms with van der Waals surface area (Å²) >= 11 is 0.